The molecule has 0 unspecified atom stereocenters. The van der Waals surface area contributed by atoms with E-state index < -0.39 is 22.9 Å². The Morgan fingerprint density at radius 2 is 2.18 bits per heavy atom. The van der Waals surface area contributed by atoms with Gasteiger partial charge in [-0.15, -0.1) is 0 Å². The molecule has 2 aliphatic rings. The molecule has 7 nitrogen and oxygen atoms in total. The topological polar surface area (TPSA) is 89.8 Å². The van der Waals surface area contributed by atoms with E-state index in [1.165, 1.54) is 7.11 Å². The van der Waals surface area contributed by atoms with E-state index in [-0.39, 0.29) is 5.91 Å². The first-order valence-corrected chi connectivity index (χ1v) is 7.19. The lowest BCUT2D eigenvalue weighted by molar-refractivity contribution is -0.497. The first-order chi connectivity index (χ1) is 10.5. The monoisotopic (exact) mass is 304 g/mol. The van der Waals surface area contributed by atoms with Gasteiger partial charge in [-0.25, -0.2) is 4.79 Å². The Labute approximate surface area is 127 Å². The van der Waals surface area contributed by atoms with Crippen LogP contribution in [0.25, 0.3) is 0 Å². The predicted octanol–water partition coefficient (Wildman–Crippen LogP) is 1.42. The van der Waals surface area contributed by atoms with Crippen LogP contribution in [0.4, 0.5) is 5.69 Å². The molecule has 0 bridgehead atoms. The summed E-state index contributed by atoms with van der Waals surface area (Å²) in [6.07, 6.45) is 1.71. The zero-order chi connectivity index (χ0) is 15.9. The maximum atomic E-state index is 12.5. The van der Waals surface area contributed by atoms with Crippen molar-refractivity contribution < 1.29 is 19.2 Å². The van der Waals surface area contributed by atoms with Crippen molar-refractivity contribution >= 4 is 17.6 Å². The number of benzene rings is 1. The Morgan fingerprint density at radius 1 is 1.41 bits per heavy atom. The highest BCUT2D eigenvalue weighted by molar-refractivity contribution is 6.00. The van der Waals surface area contributed by atoms with Crippen LogP contribution >= 0.6 is 0 Å². The number of carbonyl (C=O) groups excluding carboxylic acids is 2. The van der Waals surface area contributed by atoms with Crippen LogP contribution in [0.15, 0.2) is 18.2 Å². The van der Waals surface area contributed by atoms with Crippen LogP contribution in [0, 0.1) is 16.0 Å². The molecule has 116 valence electrons. The molecule has 0 radical (unpaired) electrons. The molecule has 7 heteroatoms. The van der Waals surface area contributed by atoms with E-state index in [0.717, 1.165) is 12.0 Å². The lowest BCUT2D eigenvalue weighted by Crippen LogP contribution is -2.38. The number of methoxy groups -OCH3 is 1. The number of esters is 1. The van der Waals surface area contributed by atoms with Gasteiger partial charge in [0.25, 0.3) is 0 Å². The molecule has 1 amide bonds. The molecular weight excluding hydrogens is 288 g/mol. The van der Waals surface area contributed by atoms with Crippen LogP contribution in [-0.2, 0) is 16.0 Å². The SMILES string of the molecule is COC(=O)c1cccc2c1CCCN2C(=O)[C@H]1C[C@@H]1[N+](=O)[O-]. The van der Waals surface area contributed by atoms with Crippen molar-refractivity contribution in [3.8, 4) is 0 Å². The van der Waals surface area contributed by atoms with E-state index in [9.17, 15) is 19.7 Å². The summed E-state index contributed by atoms with van der Waals surface area (Å²) < 4.78 is 4.77. The van der Waals surface area contributed by atoms with Crippen molar-refractivity contribution in [2.24, 2.45) is 5.92 Å². The molecule has 1 heterocycles. The summed E-state index contributed by atoms with van der Waals surface area (Å²) >= 11 is 0. The molecule has 0 N–H and O–H groups in total. The zero-order valence-electron chi connectivity index (χ0n) is 12.2. The van der Waals surface area contributed by atoms with Crippen molar-refractivity contribution in [2.75, 3.05) is 18.6 Å². The number of carbonyl (C=O) groups is 2. The van der Waals surface area contributed by atoms with Gasteiger partial charge >= 0.3 is 5.97 Å². The largest absolute Gasteiger partial charge is 0.465 e. The molecule has 1 aliphatic heterocycles. The third kappa shape index (κ3) is 2.32. The van der Waals surface area contributed by atoms with Crippen molar-refractivity contribution in [3.05, 3.63) is 39.4 Å². The average molecular weight is 304 g/mol. The van der Waals surface area contributed by atoms with Crippen molar-refractivity contribution in [2.45, 2.75) is 25.3 Å². The maximum absolute atomic E-state index is 12.5. The fourth-order valence-corrected chi connectivity index (χ4v) is 3.03. The van der Waals surface area contributed by atoms with Gasteiger partial charge in [-0.05, 0) is 30.5 Å². The van der Waals surface area contributed by atoms with E-state index in [1.807, 2.05) is 0 Å². The number of hydrogen-bond donors (Lipinski definition) is 0. The number of rotatable bonds is 3. The summed E-state index contributed by atoms with van der Waals surface area (Å²) in [5.41, 5.74) is 1.92. The summed E-state index contributed by atoms with van der Waals surface area (Å²) in [4.78, 5) is 36.3. The molecule has 3 rings (SSSR count). The van der Waals surface area contributed by atoms with Crippen LogP contribution < -0.4 is 4.90 Å². The third-order valence-corrected chi connectivity index (χ3v) is 4.27. The Bertz CT molecular complexity index is 657. The van der Waals surface area contributed by atoms with Crippen LogP contribution in [0.1, 0.15) is 28.8 Å². The maximum Gasteiger partial charge on any atom is 0.338 e. The summed E-state index contributed by atoms with van der Waals surface area (Å²) in [7, 11) is 1.32. The number of amides is 1. The molecule has 0 saturated heterocycles. The number of nitro groups is 1. The Morgan fingerprint density at radius 3 is 2.82 bits per heavy atom. The summed E-state index contributed by atoms with van der Waals surface area (Å²) in [5, 5.41) is 10.8. The fourth-order valence-electron chi connectivity index (χ4n) is 3.03. The average Bonchev–Trinajstić information content (AvgIpc) is 3.33. The highest BCUT2D eigenvalue weighted by atomic mass is 16.6. The Balaban J connectivity index is 1.91. The zero-order valence-corrected chi connectivity index (χ0v) is 12.2. The van der Waals surface area contributed by atoms with Crippen molar-refractivity contribution in [3.63, 3.8) is 0 Å². The molecule has 1 aliphatic carbocycles. The number of hydrogen-bond acceptors (Lipinski definition) is 5. The Hall–Kier alpha value is -2.44. The number of anilines is 1. The summed E-state index contributed by atoms with van der Waals surface area (Å²) in [6, 6.07) is 4.40. The molecule has 22 heavy (non-hydrogen) atoms. The second-order valence-corrected chi connectivity index (χ2v) is 5.58. The fraction of sp³-hybridized carbons (Fsp3) is 0.467. The number of nitrogens with zero attached hydrogens (tertiary/aromatic N) is 2. The van der Waals surface area contributed by atoms with Crippen LogP contribution in [0.5, 0.6) is 0 Å². The smallest absolute Gasteiger partial charge is 0.338 e. The molecule has 2 atom stereocenters. The van der Waals surface area contributed by atoms with Gasteiger partial charge in [-0.1, -0.05) is 6.07 Å². The van der Waals surface area contributed by atoms with Crippen molar-refractivity contribution in [1.82, 2.24) is 0 Å². The van der Waals surface area contributed by atoms with Gasteiger partial charge in [-0.2, -0.15) is 0 Å². The van der Waals surface area contributed by atoms with Crippen LogP contribution in [0.3, 0.4) is 0 Å². The van der Waals surface area contributed by atoms with Gasteiger partial charge in [-0.3, -0.25) is 14.9 Å². The standard InChI is InChI=1S/C15H16N2O5/c1-22-15(19)10-4-2-6-12-9(10)5-3-7-16(12)14(18)11-8-13(11)17(20)21/h2,4,6,11,13H,3,5,7-8H2,1H3/t11-,13-/m0/s1. The van der Waals surface area contributed by atoms with Crippen LogP contribution in [0.2, 0.25) is 0 Å². The Kier molecular flexibility index (Phi) is 3.56. The third-order valence-electron chi connectivity index (χ3n) is 4.27. The highest BCUT2D eigenvalue weighted by Crippen LogP contribution is 2.38. The highest BCUT2D eigenvalue weighted by Gasteiger charge is 2.55. The second-order valence-electron chi connectivity index (χ2n) is 5.58. The molecular formula is C15H16N2O5. The van der Waals surface area contributed by atoms with Gasteiger partial charge < -0.3 is 9.64 Å². The van der Waals surface area contributed by atoms with E-state index >= 15 is 0 Å². The molecule has 0 spiro atoms. The summed E-state index contributed by atoms with van der Waals surface area (Å²) in [5.74, 6) is -1.19. The molecule has 0 aromatic heterocycles. The van der Waals surface area contributed by atoms with Gasteiger partial charge in [0, 0.05) is 23.6 Å². The van der Waals surface area contributed by atoms with Gasteiger partial charge in [0.05, 0.1) is 12.7 Å². The predicted molar refractivity (Wildman–Crippen MR) is 77.3 cm³/mol. The van der Waals surface area contributed by atoms with E-state index in [0.29, 0.717) is 30.6 Å². The van der Waals surface area contributed by atoms with Gasteiger partial charge in [0.15, 0.2) is 0 Å². The van der Waals surface area contributed by atoms with E-state index in [4.69, 9.17) is 4.74 Å². The minimum Gasteiger partial charge on any atom is -0.465 e. The van der Waals surface area contributed by atoms with Crippen LogP contribution in [-0.4, -0.2) is 36.5 Å². The minimum absolute atomic E-state index is 0.218. The van der Waals surface area contributed by atoms with Gasteiger partial charge in [0.2, 0.25) is 11.9 Å². The first kappa shape index (κ1) is 14.5. The quantitative estimate of drug-likeness (QED) is 0.478. The molecule has 1 aromatic rings. The first-order valence-electron chi connectivity index (χ1n) is 7.19. The summed E-state index contributed by atoms with van der Waals surface area (Å²) in [6.45, 7) is 0.525. The van der Waals surface area contributed by atoms with Gasteiger partial charge in [0.1, 0.15) is 5.92 Å². The van der Waals surface area contributed by atoms with E-state index in [2.05, 4.69) is 0 Å². The normalized spacial score (nSPS) is 22.7. The number of fused-ring (bicyclic) bond motifs is 1. The molecule has 1 fully saturated rings. The molecule has 1 saturated carbocycles. The van der Waals surface area contributed by atoms with Crippen molar-refractivity contribution in [1.29, 1.82) is 0 Å². The molecule has 1 aromatic carbocycles. The number of ether oxygens (including phenoxy) is 1. The van der Waals surface area contributed by atoms with E-state index in [1.54, 1.807) is 23.1 Å². The second kappa shape index (κ2) is 5.40. The minimum atomic E-state index is -0.762. The lowest BCUT2D eigenvalue weighted by Gasteiger charge is -2.30. The lowest BCUT2D eigenvalue weighted by atomic mass is 9.96.